The van der Waals surface area contributed by atoms with E-state index < -0.39 is 23.3 Å². The van der Waals surface area contributed by atoms with Crippen LogP contribution in [-0.4, -0.2) is 17.8 Å². The van der Waals surface area contributed by atoms with Gasteiger partial charge in [-0.3, -0.25) is 14.9 Å². The van der Waals surface area contributed by atoms with Crippen molar-refractivity contribution >= 4 is 23.5 Å². The molecule has 0 radical (unpaired) electrons. The number of rotatable bonds is 1. The summed E-state index contributed by atoms with van der Waals surface area (Å²) in [6, 6.07) is 7.29. The minimum Gasteiger partial charge on any atom is -0.276 e. The smallest absolute Gasteiger partial charge is 0.276 e. The highest BCUT2D eigenvalue weighted by atomic mass is 16.2. The van der Waals surface area contributed by atoms with Gasteiger partial charge in [-0.2, -0.15) is 5.26 Å². The van der Waals surface area contributed by atoms with Gasteiger partial charge in [0.1, 0.15) is 5.41 Å². The molecule has 1 aromatic rings. The van der Waals surface area contributed by atoms with Gasteiger partial charge in [0.05, 0.1) is 17.3 Å². The minimum atomic E-state index is -1.05. The number of hydrogen-bond donors (Lipinski definition) is 1. The number of hydrogen-bond acceptors (Lipinski definition) is 4. The normalized spacial score (nSPS) is 20.2. The number of barbiturate groups is 1. The number of carbonyl (C=O) groups excluding carboxylic acids is 3. The van der Waals surface area contributed by atoms with Crippen LogP contribution < -0.4 is 10.2 Å². The zero-order chi connectivity index (χ0) is 13.6. The van der Waals surface area contributed by atoms with Gasteiger partial charge in [0.2, 0.25) is 5.91 Å². The average molecular weight is 255 g/mol. The molecule has 2 aliphatic rings. The lowest BCUT2D eigenvalue weighted by Gasteiger charge is -2.30. The van der Waals surface area contributed by atoms with E-state index in [2.05, 4.69) is 5.32 Å². The van der Waals surface area contributed by atoms with Crippen molar-refractivity contribution in [3.63, 3.8) is 0 Å². The molecule has 19 heavy (non-hydrogen) atoms. The second-order valence-electron chi connectivity index (χ2n) is 4.64. The molecule has 6 nitrogen and oxygen atoms in total. The molecule has 1 spiro atoms. The number of imide groups is 2. The summed E-state index contributed by atoms with van der Waals surface area (Å²) in [5.41, 5.74) is -0.256. The van der Waals surface area contributed by atoms with E-state index in [1.165, 1.54) is 24.3 Å². The van der Waals surface area contributed by atoms with E-state index in [1.54, 1.807) is 0 Å². The molecule has 3 rings (SSSR count). The van der Waals surface area contributed by atoms with Gasteiger partial charge in [-0.1, -0.05) is 0 Å². The van der Waals surface area contributed by atoms with Crippen molar-refractivity contribution in [1.82, 2.24) is 5.32 Å². The second kappa shape index (κ2) is 3.65. The molecule has 0 aromatic heterocycles. The van der Waals surface area contributed by atoms with Crippen molar-refractivity contribution in [2.75, 3.05) is 4.90 Å². The topological polar surface area (TPSA) is 90.3 Å². The Bertz CT molecular complexity index is 638. The van der Waals surface area contributed by atoms with Crippen molar-refractivity contribution in [3.05, 3.63) is 29.8 Å². The summed E-state index contributed by atoms with van der Waals surface area (Å²) in [4.78, 5) is 36.7. The molecule has 1 aromatic carbocycles. The SMILES string of the molecule is N#Cc1ccc(N2C(=O)NC(=O)C3(CC3)C2=O)cc1. The summed E-state index contributed by atoms with van der Waals surface area (Å²) in [7, 11) is 0. The van der Waals surface area contributed by atoms with E-state index in [0.717, 1.165) is 4.90 Å². The Hall–Kier alpha value is -2.68. The zero-order valence-electron chi connectivity index (χ0n) is 9.84. The number of carbonyl (C=O) groups is 3. The third-order valence-electron chi connectivity index (χ3n) is 3.48. The maximum atomic E-state index is 12.3. The molecule has 1 aliphatic carbocycles. The van der Waals surface area contributed by atoms with Crippen LogP contribution >= 0.6 is 0 Å². The van der Waals surface area contributed by atoms with E-state index in [1.807, 2.05) is 6.07 Å². The zero-order valence-corrected chi connectivity index (χ0v) is 9.84. The van der Waals surface area contributed by atoms with Crippen molar-refractivity contribution in [1.29, 1.82) is 5.26 Å². The van der Waals surface area contributed by atoms with Crippen molar-refractivity contribution < 1.29 is 14.4 Å². The van der Waals surface area contributed by atoms with Crippen LogP contribution in [0.1, 0.15) is 18.4 Å². The van der Waals surface area contributed by atoms with Gasteiger partial charge in [0.15, 0.2) is 0 Å². The minimum absolute atomic E-state index is 0.361. The molecule has 94 valence electrons. The fraction of sp³-hybridized carbons (Fsp3) is 0.231. The number of amides is 4. The molecule has 1 N–H and O–H groups in total. The molecule has 1 saturated heterocycles. The van der Waals surface area contributed by atoms with E-state index in [9.17, 15) is 14.4 Å². The van der Waals surface area contributed by atoms with Gasteiger partial charge >= 0.3 is 6.03 Å². The third kappa shape index (κ3) is 1.52. The summed E-state index contributed by atoms with van der Waals surface area (Å²) in [5, 5.41) is 10.9. The van der Waals surface area contributed by atoms with E-state index in [-0.39, 0.29) is 0 Å². The first-order valence-electron chi connectivity index (χ1n) is 5.79. The first kappa shape index (κ1) is 11.4. The maximum Gasteiger partial charge on any atom is 0.335 e. The lowest BCUT2D eigenvalue weighted by Crippen LogP contribution is -2.59. The Morgan fingerprint density at radius 2 is 1.79 bits per heavy atom. The Morgan fingerprint density at radius 1 is 1.16 bits per heavy atom. The standard InChI is InChI=1S/C13H9N3O3/c14-7-8-1-3-9(4-2-8)16-11(18)13(5-6-13)10(17)15-12(16)19/h1-4H,5-6H2,(H,15,17,19). The second-order valence-corrected chi connectivity index (χ2v) is 4.64. The molecule has 0 atom stereocenters. The van der Waals surface area contributed by atoms with Crippen LogP contribution in [0.15, 0.2) is 24.3 Å². The molecule has 2 fully saturated rings. The fourth-order valence-corrected chi connectivity index (χ4v) is 2.16. The molecule has 1 heterocycles. The first-order valence-corrected chi connectivity index (χ1v) is 5.79. The summed E-state index contributed by atoms with van der Waals surface area (Å²) in [6.07, 6.45) is 0.940. The molecule has 0 unspecified atom stereocenters. The number of anilines is 1. The summed E-state index contributed by atoms with van der Waals surface area (Å²) in [5.74, 6) is -0.988. The summed E-state index contributed by atoms with van der Waals surface area (Å²) >= 11 is 0. The van der Waals surface area contributed by atoms with Gasteiger partial charge in [-0.25, -0.2) is 9.69 Å². The average Bonchev–Trinajstić information content (AvgIpc) is 3.19. The number of nitrogens with one attached hydrogen (secondary N) is 1. The summed E-state index contributed by atoms with van der Waals surface area (Å²) in [6.45, 7) is 0. The highest BCUT2D eigenvalue weighted by Gasteiger charge is 2.62. The number of nitriles is 1. The van der Waals surface area contributed by atoms with Crippen LogP contribution in [0.4, 0.5) is 10.5 Å². The van der Waals surface area contributed by atoms with E-state index in [4.69, 9.17) is 5.26 Å². The predicted octanol–water partition coefficient (Wildman–Crippen LogP) is 0.921. The molecule has 0 bridgehead atoms. The van der Waals surface area contributed by atoms with Gasteiger partial charge < -0.3 is 0 Å². The molecule has 6 heteroatoms. The maximum absolute atomic E-state index is 12.3. The lowest BCUT2D eigenvalue weighted by atomic mass is 10.0. The number of benzene rings is 1. The quantitative estimate of drug-likeness (QED) is 0.755. The number of urea groups is 1. The largest absolute Gasteiger partial charge is 0.335 e. The summed E-state index contributed by atoms with van der Waals surface area (Å²) < 4.78 is 0. The van der Waals surface area contributed by atoms with Crippen LogP contribution in [0.25, 0.3) is 0 Å². The van der Waals surface area contributed by atoms with Crippen LogP contribution in [-0.2, 0) is 9.59 Å². The Balaban J connectivity index is 1.99. The van der Waals surface area contributed by atoms with E-state index >= 15 is 0 Å². The van der Waals surface area contributed by atoms with Gasteiger partial charge in [-0.05, 0) is 37.1 Å². The predicted molar refractivity (Wildman–Crippen MR) is 63.8 cm³/mol. The van der Waals surface area contributed by atoms with Crippen molar-refractivity contribution in [2.24, 2.45) is 5.41 Å². The molecule has 1 aliphatic heterocycles. The first-order chi connectivity index (χ1) is 9.08. The van der Waals surface area contributed by atoms with Crippen LogP contribution in [0.3, 0.4) is 0 Å². The van der Waals surface area contributed by atoms with Crippen LogP contribution in [0.5, 0.6) is 0 Å². The highest BCUT2D eigenvalue weighted by Crippen LogP contribution is 2.49. The Morgan fingerprint density at radius 3 is 2.32 bits per heavy atom. The van der Waals surface area contributed by atoms with Crippen LogP contribution in [0, 0.1) is 16.7 Å². The fourth-order valence-electron chi connectivity index (χ4n) is 2.16. The third-order valence-corrected chi connectivity index (χ3v) is 3.48. The Labute approximate surface area is 108 Å². The molecule has 1 saturated carbocycles. The lowest BCUT2D eigenvalue weighted by molar-refractivity contribution is -0.136. The van der Waals surface area contributed by atoms with Crippen molar-refractivity contribution in [3.8, 4) is 6.07 Å². The molecular formula is C13H9N3O3. The van der Waals surface area contributed by atoms with Crippen LogP contribution in [0.2, 0.25) is 0 Å². The Kier molecular flexibility index (Phi) is 2.20. The number of nitrogens with zero attached hydrogens (tertiary/aromatic N) is 2. The van der Waals surface area contributed by atoms with E-state index in [0.29, 0.717) is 24.1 Å². The molecule has 4 amide bonds. The van der Waals surface area contributed by atoms with Gasteiger partial charge in [-0.15, -0.1) is 0 Å². The van der Waals surface area contributed by atoms with Gasteiger partial charge in [0, 0.05) is 0 Å². The molecular weight excluding hydrogens is 246 g/mol. The van der Waals surface area contributed by atoms with Crippen molar-refractivity contribution in [2.45, 2.75) is 12.8 Å². The monoisotopic (exact) mass is 255 g/mol. The van der Waals surface area contributed by atoms with Gasteiger partial charge in [0.25, 0.3) is 5.91 Å². The highest BCUT2D eigenvalue weighted by molar-refractivity contribution is 6.31.